The van der Waals surface area contributed by atoms with E-state index in [0.717, 1.165) is 24.3 Å². The van der Waals surface area contributed by atoms with Gasteiger partial charge in [0.25, 0.3) is 0 Å². The van der Waals surface area contributed by atoms with E-state index in [1.807, 2.05) is 6.92 Å². The average Bonchev–Trinajstić information content (AvgIpc) is 2.59. The van der Waals surface area contributed by atoms with Crippen LogP contribution in [0.2, 0.25) is 0 Å². The molecule has 92 valence electrons. The molecule has 0 radical (unpaired) electrons. The summed E-state index contributed by atoms with van der Waals surface area (Å²) in [7, 11) is 1.71. The lowest BCUT2D eigenvalue weighted by atomic mass is 10.0. The molecule has 0 fully saturated rings. The van der Waals surface area contributed by atoms with Crippen molar-refractivity contribution in [1.29, 1.82) is 0 Å². The molecule has 4 heteroatoms. The SMILES string of the molecule is CCNCCc1c(F)ccc2c1N(C)C(=O)C2. The number of amides is 1. The van der Waals surface area contributed by atoms with E-state index >= 15 is 0 Å². The third kappa shape index (κ3) is 2.17. The van der Waals surface area contributed by atoms with Gasteiger partial charge in [0.15, 0.2) is 0 Å². The minimum absolute atomic E-state index is 0.0373. The van der Waals surface area contributed by atoms with Crippen LogP contribution in [0.5, 0.6) is 0 Å². The van der Waals surface area contributed by atoms with Crippen molar-refractivity contribution < 1.29 is 9.18 Å². The number of anilines is 1. The van der Waals surface area contributed by atoms with Crippen LogP contribution in [-0.4, -0.2) is 26.0 Å². The van der Waals surface area contributed by atoms with E-state index in [9.17, 15) is 9.18 Å². The maximum Gasteiger partial charge on any atom is 0.231 e. The normalized spacial score (nSPS) is 14.3. The van der Waals surface area contributed by atoms with Gasteiger partial charge in [-0.2, -0.15) is 0 Å². The van der Waals surface area contributed by atoms with Crippen LogP contribution in [0.3, 0.4) is 0 Å². The summed E-state index contributed by atoms with van der Waals surface area (Å²) in [5, 5.41) is 3.17. The van der Waals surface area contributed by atoms with Gasteiger partial charge in [-0.3, -0.25) is 4.79 Å². The molecule has 0 unspecified atom stereocenters. The Morgan fingerprint density at radius 2 is 2.24 bits per heavy atom. The van der Waals surface area contributed by atoms with Crippen molar-refractivity contribution in [2.24, 2.45) is 0 Å². The molecule has 1 heterocycles. The first-order chi connectivity index (χ1) is 8.15. The minimum Gasteiger partial charge on any atom is -0.317 e. The third-order valence-corrected chi connectivity index (χ3v) is 3.16. The lowest BCUT2D eigenvalue weighted by molar-refractivity contribution is -0.117. The molecule has 1 aliphatic rings. The Morgan fingerprint density at radius 1 is 1.47 bits per heavy atom. The van der Waals surface area contributed by atoms with Crippen molar-refractivity contribution in [3.8, 4) is 0 Å². The van der Waals surface area contributed by atoms with E-state index in [0.29, 0.717) is 18.4 Å². The van der Waals surface area contributed by atoms with Crippen molar-refractivity contribution in [1.82, 2.24) is 5.32 Å². The Hall–Kier alpha value is -1.42. The molecule has 17 heavy (non-hydrogen) atoms. The zero-order valence-corrected chi connectivity index (χ0v) is 10.2. The smallest absolute Gasteiger partial charge is 0.231 e. The molecule has 1 N–H and O–H groups in total. The van der Waals surface area contributed by atoms with Crippen LogP contribution in [0.15, 0.2) is 12.1 Å². The third-order valence-electron chi connectivity index (χ3n) is 3.16. The molecule has 2 rings (SSSR count). The molecule has 1 aromatic rings. The van der Waals surface area contributed by atoms with E-state index in [4.69, 9.17) is 0 Å². The predicted octanol–water partition coefficient (Wildman–Crippen LogP) is 1.50. The second kappa shape index (κ2) is 4.84. The molecule has 1 aliphatic heterocycles. The topological polar surface area (TPSA) is 32.3 Å². The molecule has 3 nitrogen and oxygen atoms in total. The Morgan fingerprint density at radius 3 is 2.94 bits per heavy atom. The van der Waals surface area contributed by atoms with Gasteiger partial charge in [0.2, 0.25) is 5.91 Å². The monoisotopic (exact) mass is 236 g/mol. The van der Waals surface area contributed by atoms with Crippen LogP contribution in [-0.2, 0) is 17.6 Å². The highest BCUT2D eigenvalue weighted by molar-refractivity contribution is 6.01. The summed E-state index contributed by atoms with van der Waals surface area (Å²) >= 11 is 0. The van der Waals surface area contributed by atoms with E-state index in [-0.39, 0.29) is 11.7 Å². The largest absolute Gasteiger partial charge is 0.317 e. The number of carbonyl (C=O) groups is 1. The summed E-state index contributed by atoms with van der Waals surface area (Å²) in [5.41, 5.74) is 2.36. The first-order valence-corrected chi connectivity index (χ1v) is 5.92. The van der Waals surface area contributed by atoms with Crippen LogP contribution in [0.4, 0.5) is 10.1 Å². The quantitative estimate of drug-likeness (QED) is 0.803. The van der Waals surface area contributed by atoms with Crippen LogP contribution >= 0.6 is 0 Å². The highest BCUT2D eigenvalue weighted by Gasteiger charge is 2.27. The summed E-state index contributed by atoms with van der Waals surface area (Å²) in [6.45, 7) is 3.61. The maximum absolute atomic E-state index is 13.8. The fourth-order valence-corrected chi connectivity index (χ4v) is 2.25. The van der Waals surface area contributed by atoms with Crippen LogP contribution in [0, 0.1) is 5.82 Å². The molecule has 0 aliphatic carbocycles. The molecule has 0 aromatic heterocycles. The number of nitrogens with zero attached hydrogens (tertiary/aromatic N) is 1. The summed E-state index contributed by atoms with van der Waals surface area (Å²) < 4.78 is 13.8. The number of rotatable bonds is 4. The van der Waals surface area contributed by atoms with E-state index in [2.05, 4.69) is 5.32 Å². The number of likely N-dealkylation sites (N-methyl/N-ethyl adjacent to an activating group) is 2. The van der Waals surface area contributed by atoms with Gasteiger partial charge in [-0.15, -0.1) is 0 Å². The molecular formula is C13H17FN2O. The zero-order chi connectivity index (χ0) is 12.4. The Balaban J connectivity index is 2.31. The molecular weight excluding hydrogens is 219 g/mol. The lowest BCUT2D eigenvalue weighted by Gasteiger charge is -2.16. The van der Waals surface area contributed by atoms with Gasteiger partial charge in [-0.1, -0.05) is 13.0 Å². The van der Waals surface area contributed by atoms with Crippen LogP contribution < -0.4 is 10.2 Å². The van der Waals surface area contributed by atoms with Crippen molar-refractivity contribution in [3.63, 3.8) is 0 Å². The second-order valence-electron chi connectivity index (χ2n) is 4.27. The number of hydrogen-bond donors (Lipinski definition) is 1. The van der Waals surface area contributed by atoms with Gasteiger partial charge in [0.1, 0.15) is 5.82 Å². The Kier molecular flexibility index (Phi) is 3.43. The summed E-state index contributed by atoms with van der Waals surface area (Å²) in [6.07, 6.45) is 1.00. The van der Waals surface area contributed by atoms with Crippen molar-refractivity contribution in [3.05, 3.63) is 29.1 Å². The maximum atomic E-state index is 13.8. The molecule has 1 amide bonds. The standard InChI is InChI=1S/C13H17FN2O/c1-3-15-7-6-10-11(14)5-4-9-8-12(17)16(2)13(9)10/h4-5,15H,3,6-8H2,1-2H3. The highest BCUT2D eigenvalue weighted by Crippen LogP contribution is 2.33. The number of nitrogens with one attached hydrogen (secondary N) is 1. The summed E-state index contributed by atoms with van der Waals surface area (Å²) in [5.74, 6) is -0.182. The molecule has 0 saturated carbocycles. The number of halogens is 1. The van der Waals surface area contributed by atoms with Gasteiger partial charge < -0.3 is 10.2 Å². The van der Waals surface area contributed by atoms with E-state index in [1.165, 1.54) is 6.07 Å². The van der Waals surface area contributed by atoms with E-state index < -0.39 is 0 Å². The molecule has 0 bridgehead atoms. The van der Waals surface area contributed by atoms with Gasteiger partial charge >= 0.3 is 0 Å². The summed E-state index contributed by atoms with van der Waals surface area (Å²) in [4.78, 5) is 13.2. The highest BCUT2D eigenvalue weighted by atomic mass is 19.1. The number of carbonyl (C=O) groups excluding carboxylic acids is 1. The Labute approximate surface area is 101 Å². The number of benzene rings is 1. The average molecular weight is 236 g/mol. The first-order valence-electron chi connectivity index (χ1n) is 5.92. The van der Waals surface area contributed by atoms with Crippen molar-refractivity contribution in [2.75, 3.05) is 25.0 Å². The van der Waals surface area contributed by atoms with Gasteiger partial charge in [-0.05, 0) is 31.1 Å². The van der Waals surface area contributed by atoms with Crippen molar-refractivity contribution >= 4 is 11.6 Å². The van der Waals surface area contributed by atoms with Gasteiger partial charge in [-0.25, -0.2) is 4.39 Å². The molecule has 0 spiro atoms. The van der Waals surface area contributed by atoms with Crippen LogP contribution in [0.1, 0.15) is 18.1 Å². The number of fused-ring (bicyclic) bond motifs is 1. The zero-order valence-electron chi connectivity index (χ0n) is 10.2. The van der Waals surface area contributed by atoms with Crippen LogP contribution in [0.25, 0.3) is 0 Å². The predicted molar refractivity (Wildman–Crippen MR) is 65.8 cm³/mol. The molecule has 0 saturated heterocycles. The number of hydrogen-bond acceptors (Lipinski definition) is 2. The second-order valence-corrected chi connectivity index (χ2v) is 4.27. The van der Waals surface area contributed by atoms with Gasteiger partial charge in [0, 0.05) is 12.6 Å². The molecule has 1 aromatic carbocycles. The van der Waals surface area contributed by atoms with Gasteiger partial charge in [0.05, 0.1) is 12.1 Å². The van der Waals surface area contributed by atoms with E-state index in [1.54, 1.807) is 18.0 Å². The fraction of sp³-hybridized carbons (Fsp3) is 0.462. The Bertz CT molecular complexity index is 445. The summed E-state index contributed by atoms with van der Waals surface area (Å²) in [6, 6.07) is 3.18. The first kappa shape index (κ1) is 12.0. The molecule has 0 atom stereocenters. The minimum atomic E-state index is -0.219. The fourth-order valence-electron chi connectivity index (χ4n) is 2.25. The van der Waals surface area contributed by atoms with Crippen molar-refractivity contribution in [2.45, 2.75) is 19.8 Å². The lowest BCUT2D eigenvalue weighted by Crippen LogP contribution is -2.23.